The van der Waals surface area contributed by atoms with E-state index in [0.29, 0.717) is 0 Å². The first kappa shape index (κ1) is 373. The first-order valence-electron chi connectivity index (χ1n) is 0. The van der Waals surface area contributed by atoms with Gasteiger partial charge in [-0.25, -0.2) is 0 Å². The molecule has 12 N–H and O–H groups in total. The van der Waals surface area contributed by atoms with Crippen molar-refractivity contribution >= 4 is 0 Å². The molecular formula is H12DyO6+3. The van der Waals surface area contributed by atoms with Crippen LogP contribution in [0.4, 0.5) is 0 Å². The van der Waals surface area contributed by atoms with Crippen molar-refractivity contribution in [2.24, 2.45) is 0 Å². The van der Waals surface area contributed by atoms with Gasteiger partial charge in [0, 0.05) is 0 Å². The van der Waals surface area contributed by atoms with Gasteiger partial charge in [0.1, 0.15) is 0 Å². The number of hydrogen-bond acceptors (Lipinski definition) is 0. The quantitative estimate of drug-likeness (QED) is 0.408. The van der Waals surface area contributed by atoms with Crippen molar-refractivity contribution in [1.82, 2.24) is 0 Å². The Hall–Kier alpha value is 1.03. The first-order chi connectivity index (χ1) is 0. The van der Waals surface area contributed by atoms with E-state index in [9.17, 15) is 0 Å². The van der Waals surface area contributed by atoms with Gasteiger partial charge in [-0.2, -0.15) is 0 Å². The normalized spacial score (nSPS) is 0. The molecule has 0 atom stereocenters. The van der Waals surface area contributed by atoms with Crippen molar-refractivity contribution in [1.29, 1.82) is 0 Å². The second-order valence-electron chi connectivity index (χ2n) is 0. The molecule has 0 rings (SSSR count). The van der Waals surface area contributed by atoms with Gasteiger partial charge in [-0.3, -0.25) is 0 Å². The van der Waals surface area contributed by atoms with E-state index in [2.05, 4.69) is 0 Å². The molecule has 1 radical (unpaired) electrons. The monoisotopic (exact) mass is 272 g/mol. The largest absolute Gasteiger partial charge is 3.00 e. The van der Waals surface area contributed by atoms with E-state index < -0.39 is 0 Å². The maximum absolute atomic E-state index is 0. The van der Waals surface area contributed by atoms with E-state index >= 15 is 0 Å². The van der Waals surface area contributed by atoms with Gasteiger partial charge >= 0.3 is 38.2 Å². The fourth-order valence-electron chi connectivity index (χ4n) is 0. The molecule has 6 nitrogen and oxygen atoms in total. The molecule has 0 saturated heterocycles. The molecule has 55 valence electrons. The fourth-order valence-corrected chi connectivity index (χ4v) is 0. The minimum absolute atomic E-state index is 0. The minimum Gasteiger partial charge on any atom is -0.412 e. The van der Waals surface area contributed by atoms with Crippen molar-refractivity contribution < 1.29 is 71.0 Å². The van der Waals surface area contributed by atoms with Gasteiger partial charge in [0.25, 0.3) is 0 Å². The molecule has 0 amide bonds. The van der Waals surface area contributed by atoms with Crippen LogP contribution < -0.4 is 0 Å². The summed E-state index contributed by atoms with van der Waals surface area (Å²) in [5.41, 5.74) is 0. The van der Waals surface area contributed by atoms with Crippen LogP contribution in [0, 0.1) is 38.2 Å². The average Bonchev–Trinajstić information content (AvgIpc) is 0. The molecule has 0 fully saturated rings. The zero-order valence-electron chi connectivity index (χ0n) is 3.32. The SMILES string of the molecule is O.O.O.O.O.O.[Dy+3]. The van der Waals surface area contributed by atoms with Crippen LogP contribution in [0.2, 0.25) is 0 Å². The molecule has 0 aromatic heterocycles. The van der Waals surface area contributed by atoms with E-state index in [1.807, 2.05) is 0 Å². The van der Waals surface area contributed by atoms with Gasteiger partial charge in [0.2, 0.25) is 0 Å². The summed E-state index contributed by atoms with van der Waals surface area (Å²) >= 11 is 0. The summed E-state index contributed by atoms with van der Waals surface area (Å²) in [4.78, 5) is 0. The molecule has 0 bridgehead atoms. The van der Waals surface area contributed by atoms with Crippen LogP contribution in [0.25, 0.3) is 0 Å². The molecule has 0 saturated carbocycles. The van der Waals surface area contributed by atoms with E-state index in [0.717, 1.165) is 0 Å². The summed E-state index contributed by atoms with van der Waals surface area (Å²) in [6.07, 6.45) is 0. The molecule has 7 heteroatoms. The molecule has 0 unspecified atom stereocenters. The molecule has 0 heterocycles. The molecule has 7 heavy (non-hydrogen) atoms. The minimum atomic E-state index is 0. The Balaban J connectivity index is 0. The topological polar surface area (TPSA) is 189 Å². The summed E-state index contributed by atoms with van der Waals surface area (Å²) in [5, 5.41) is 0. The fraction of sp³-hybridized carbons (Fsp3) is 0. The average molecular weight is 271 g/mol. The zero-order valence-corrected chi connectivity index (χ0v) is 5.35. The Morgan fingerprint density at radius 1 is 0.286 bits per heavy atom. The standard InChI is InChI=1S/Dy.6H2O/h;6*1H2/q+3;;;;;;. The summed E-state index contributed by atoms with van der Waals surface area (Å²) in [7, 11) is 0. The van der Waals surface area contributed by atoms with E-state index in [-0.39, 0.29) is 71.0 Å². The van der Waals surface area contributed by atoms with Crippen LogP contribution in [-0.2, 0) is 0 Å². The molecule has 0 spiro atoms. The summed E-state index contributed by atoms with van der Waals surface area (Å²) in [6, 6.07) is 0. The molecular weight excluding hydrogens is 258 g/mol. The summed E-state index contributed by atoms with van der Waals surface area (Å²) in [5.74, 6) is 0. The van der Waals surface area contributed by atoms with Crippen LogP contribution in [0.15, 0.2) is 0 Å². The first-order valence-corrected chi connectivity index (χ1v) is 0. The third-order valence-electron chi connectivity index (χ3n) is 0. The second kappa shape index (κ2) is 240. The molecule has 0 aliphatic carbocycles. The van der Waals surface area contributed by atoms with Crippen molar-refractivity contribution in [3.8, 4) is 0 Å². The van der Waals surface area contributed by atoms with Gasteiger partial charge in [0.15, 0.2) is 0 Å². The molecule has 0 aromatic carbocycles. The Morgan fingerprint density at radius 2 is 0.286 bits per heavy atom. The van der Waals surface area contributed by atoms with E-state index in [1.165, 1.54) is 0 Å². The van der Waals surface area contributed by atoms with Gasteiger partial charge < -0.3 is 32.9 Å². The second-order valence-corrected chi connectivity index (χ2v) is 0. The van der Waals surface area contributed by atoms with Gasteiger partial charge in [0.05, 0.1) is 0 Å². The van der Waals surface area contributed by atoms with Gasteiger partial charge in [-0.1, -0.05) is 0 Å². The van der Waals surface area contributed by atoms with Crippen LogP contribution in [0.1, 0.15) is 0 Å². The Bertz CT molecular complexity index is 4.14. The summed E-state index contributed by atoms with van der Waals surface area (Å²) in [6.45, 7) is 0. The van der Waals surface area contributed by atoms with Crippen molar-refractivity contribution in [3.05, 3.63) is 0 Å². The predicted octanol–water partition coefficient (Wildman–Crippen LogP) is -4.95. The third-order valence-corrected chi connectivity index (χ3v) is 0. The smallest absolute Gasteiger partial charge is 0.412 e. The molecule has 0 aromatic rings. The van der Waals surface area contributed by atoms with Crippen molar-refractivity contribution in [3.63, 3.8) is 0 Å². The van der Waals surface area contributed by atoms with Gasteiger partial charge in [-0.05, 0) is 0 Å². The molecule has 0 aliphatic rings. The maximum Gasteiger partial charge on any atom is 3.00 e. The van der Waals surface area contributed by atoms with Crippen molar-refractivity contribution in [2.45, 2.75) is 0 Å². The van der Waals surface area contributed by atoms with Crippen LogP contribution in [0.3, 0.4) is 0 Å². The number of hydrogen-bond donors (Lipinski definition) is 0. The predicted molar refractivity (Wildman–Crippen MR) is 21.7 cm³/mol. The molecule has 0 aliphatic heterocycles. The Morgan fingerprint density at radius 3 is 0.286 bits per heavy atom. The Kier molecular flexibility index (Phi) is 12800. The third kappa shape index (κ3) is 167. The van der Waals surface area contributed by atoms with E-state index in [1.54, 1.807) is 0 Å². The van der Waals surface area contributed by atoms with Crippen LogP contribution >= 0.6 is 0 Å². The van der Waals surface area contributed by atoms with E-state index in [4.69, 9.17) is 0 Å². The Labute approximate surface area is 70.8 Å². The zero-order chi connectivity index (χ0) is 0. The maximum atomic E-state index is 0. The van der Waals surface area contributed by atoms with Crippen LogP contribution in [0.5, 0.6) is 0 Å². The van der Waals surface area contributed by atoms with Crippen LogP contribution in [-0.4, -0.2) is 32.9 Å². The summed E-state index contributed by atoms with van der Waals surface area (Å²) < 4.78 is 0. The number of rotatable bonds is 0. The van der Waals surface area contributed by atoms with Crippen molar-refractivity contribution in [2.75, 3.05) is 0 Å². The van der Waals surface area contributed by atoms with Gasteiger partial charge in [-0.15, -0.1) is 0 Å².